The average molecular weight is 252 g/mol. The first kappa shape index (κ1) is 7.99. The monoisotopic (exact) mass is 251 g/mol. The molecule has 1 nitrogen and oxygen atoms in total. The topological polar surface area (TPSA) is 4.93 Å². The highest BCUT2D eigenvalue weighted by molar-refractivity contribution is 6.33. The van der Waals surface area contributed by atoms with E-state index in [0.717, 1.165) is 21.8 Å². The molecule has 1 aromatic heterocycles. The Hall–Kier alpha value is -1.18. The van der Waals surface area contributed by atoms with Crippen molar-refractivity contribution >= 4 is 45.0 Å². The van der Waals surface area contributed by atoms with Crippen molar-refractivity contribution in [1.82, 2.24) is 4.57 Å². The van der Waals surface area contributed by atoms with Crippen molar-refractivity contribution in [3.05, 3.63) is 46.4 Å². The summed E-state index contributed by atoms with van der Waals surface area (Å²) in [6.07, 6.45) is 0. The minimum Gasteiger partial charge on any atom is -0.344 e. The van der Waals surface area contributed by atoms with Gasteiger partial charge in [-0.1, -0.05) is 23.2 Å². The molecular weight excluding hydrogens is 241 g/mol. The van der Waals surface area contributed by atoms with E-state index in [9.17, 15) is 0 Å². The number of hydrogen-bond donors (Lipinski definition) is 0. The lowest BCUT2D eigenvalue weighted by Crippen LogP contribution is -1.85. The van der Waals surface area contributed by atoms with E-state index >= 15 is 0 Å². The van der Waals surface area contributed by atoms with Crippen LogP contribution in [0.1, 0.15) is 2.74 Å². The van der Waals surface area contributed by atoms with Crippen LogP contribution in [0.5, 0.6) is 0 Å². The molecular formula is C13H9Cl2N. The van der Waals surface area contributed by atoms with Gasteiger partial charge in [-0.25, -0.2) is 0 Å². The Balaban J connectivity index is 2.58. The Morgan fingerprint density at radius 1 is 1.00 bits per heavy atom. The van der Waals surface area contributed by atoms with E-state index in [4.69, 9.17) is 25.9 Å². The number of aromatic nitrogens is 1. The van der Waals surface area contributed by atoms with Crippen LogP contribution in [0.15, 0.2) is 36.4 Å². The molecule has 1 heterocycles. The van der Waals surface area contributed by atoms with Gasteiger partial charge in [-0.3, -0.25) is 0 Å². The van der Waals surface area contributed by atoms with Gasteiger partial charge in [0, 0.05) is 38.9 Å². The number of fused-ring (bicyclic) bond motifs is 3. The highest BCUT2D eigenvalue weighted by atomic mass is 35.5. The van der Waals surface area contributed by atoms with Crippen molar-refractivity contribution in [3.63, 3.8) is 0 Å². The molecule has 0 aliphatic carbocycles. The average Bonchev–Trinajstić information content (AvgIpc) is 2.56. The van der Waals surface area contributed by atoms with Crippen LogP contribution in [-0.2, 0) is 7.05 Å². The summed E-state index contributed by atoms with van der Waals surface area (Å²) in [6.45, 7) is 0. The second-order valence-electron chi connectivity index (χ2n) is 3.72. The number of rotatable bonds is 0. The second-order valence-corrected chi connectivity index (χ2v) is 4.53. The SMILES string of the molecule is [2H]c1cc2c(cc1Cl)c1cc(Cl)c([2H])cc1n2C. The van der Waals surface area contributed by atoms with Crippen molar-refractivity contribution in [2.75, 3.05) is 0 Å². The maximum atomic E-state index is 7.75. The van der Waals surface area contributed by atoms with Crippen molar-refractivity contribution in [1.29, 1.82) is 0 Å². The van der Waals surface area contributed by atoms with E-state index < -0.39 is 0 Å². The lowest BCUT2D eigenvalue weighted by Gasteiger charge is -1.97. The van der Waals surface area contributed by atoms with Crippen LogP contribution in [0, 0.1) is 0 Å². The Bertz CT molecular complexity index is 728. The first-order chi connectivity index (χ1) is 8.49. The minimum absolute atomic E-state index is 0.298. The number of nitrogens with zero attached hydrogens (tertiary/aromatic N) is 1. The molecule has 80 valence electrons. The van der Waals surface area contributed by atoms with E-state index in [2.05, 4.69) is 0 Å². The molecule has 3 heteroatoms. The van der Waals surface area contributed by atoms with Crippen LogP contribution in [0.25, 0.3) is 21.8 Å². The fourth-order valence-corrected chi connectivity index (χ4v) is 2.36. The zero-order valence-corrected chi connectivity index (χ0v) is 10.0. The van der Waals surface area contributed by atoms with Gasteiger partial charge in [0.05, 0.1) is 2.74 Å². The lowest BCUT2D eigenvalue weighted by atomic mass is 10.1. The van der Waals surface area contributed by atoms with E-state index in [1.165, 1.54) is 0 Å². The van der Waals surface area contributed by atoms with Crippen molar-refractivity contribution in [2.45, 2.75) is 0 Å². The van der Waals surface area contributed by atoms with Gasteiger partial charge >= 0.3 is 0 Å². The molecule has 0 unspecified atom stereocenters. The van der Waals surface area contributed by atoms with Crippen LogP contribution in [-0.4, -0.2) is 4.57 Å². The van der Waals surface area contributed by atoms with Gasteiger partial charge in [-0.2, -0.15) is 0 Å². The molecule has 0 spiro atoms. The van der Waals surface area contributed by atoms with Gasteiger partial charge < -0.3 is 4.57 Å². The summed E-state index contributed by atoms with van der Waals surface area (Å²) >= 11 is 12.0. The zero-order chi connectivity index (χ0) is 13.0. The molecule has 0 fully saturated rings. The number of benzene rings is 2. The minimum atomic E-state index is 0.298. The highest BCUT2D eigenvalue weighted by Crippen LogP contribution is 2.31. The molecule has 0 aliphatic rings. The summed E-state index contributed by atoms with van der Waals surface area (Å²) in [5, 5.41) is 2.74. The molecule has 0 amide bonds. The molecule has 0 aliphatic heterocycles. The van der Waals surface area contributed by atoms with Gasteiger partial charge in [-0.05, 0) is 36.4 Å². The maximum absolute atomic E-state index is 7.75. The molecule has 2 aromatic carbocycles. The zero-order valence-electron chi connectivity index (χ0n) is 10.5. The highest BCUT2D eigenvalue weighted by Gasteiger charge is 2.08. The molecule has 0 radical (unpaired) electrons. The molecule has 16 heavy (non-hydrogen) atoms. The van der Waals surface area contributed by atoms with E-state index in [1.807, 2.05) is 11.6 Å². The van der Waals surface area contributed by atoms with Crippen LogP contribution in [0.3, 0.4) is 0 Å². The van der Waals surface area contributed by atoms with E-state index in [1.54, 1.807) is 24.3 Å². The summed E-state index contributed by atoms with van der Waals surface area (Å²) in [7, 11) is 1.91. The van der Waals surface area contributed by atoms with Crippen LogP contribution < -0.4 is 0 Å². The Morgan fingerprint density at radius 3 is 1.88 bits per heavy atom. The quantitative estimate of drug-likeness (QED) is 0.549. The predicted molar refractivity (Wildman–Crippen MR) is 70.4 cm³/mol. The third-order valence-electron chi connectivity index (χ3n) is 2.80. The summed E-state index contributed by atoms with van der Waals surface area (Å²) < 4.78 is 17.4. The standard InChI is InChI=1S/C13H9Cl2N/c1-16-12-4-2-8(14)6-10(12)11-7-9(15)3-5-13(11)16/h2-7H,1H3/i2D,3D. The Kier molecular flexibility index (Phi) is 1.70. The van der Waals surface area contributed by atoms with Crippen molar-refractivity contribution in [2.24, 2.45) is 7.05 Å². The molecule has 3 rings (SSSR count). The molecule has 0 saturated carbocycles. The fourth-order valence-electron chi connectivity index (χ4n) is 2.03. The summed E-state index contributed by atoms with van der Waals surface area (Å²) in [5.74, 6) is 0. The Labute approximate surface area is 106 Å². The third-order valence-corrected chi connectivity index (χ3v) is 3.24. The molecule has 0 bridgehead atoms. The van der Waals surface area contributed by atoms with Crippen molar-refractivity contribution in [3.8, 4) is 0 Å². The fraction of sp³-hybridized carbons (Fsp3) is 0.0769. The van der Waals surface area contributed by atoms with Crippen LogP contribution in [0.2, 0.25) is 10.0 Å². The van der Waals surface area contributed by atoms with Crippen LogP contribution >= 0.6 is 23.2 Å². The molecule has 0 saturated heterocycles. The molecule has 3 aromatic rings. The first-order valence-corrected chi connectivity index (χ1v) is 5.59. The third kappa shape index (κ3) is 1.32. The first-order valence-electron chi connectivity index (χ1n) is 5.83. The van der Waals surface area contributed by atoms with E-state index in [0.29, 0.717) is 22.1 Å². The lowest BCUT2D eigenvalue weighted by molar-refractivity contribution is 1.01. The number of hydrogen-bond acceptors (Lipinski definition) is 0. The predicted octanol–water partition coefficient (Wildman–Crippen LogP) is 4.64. The smallest absolute Gasteiger partial charge is 0.0639 e. The summed E-state index contributed by atoms with van der Waals surface area (Å²) in [5.41, 5.74) is 1.84. The maximum Gasteiger partial charge on any atom is 0.0639 e. The van der Waals surface area contributed by atoms with Gasteiger partial charge in [0.15, 0.2) is 0 Å². The Morgan fingerprint density at radius 2 is 1.44 bits per heavy atom. The van der Waals surface area contributed by atoms with Gasteiger partial charge in [-0.15, -0.1) is 0 Å². The van der Waals surface area contributed by atoms with E-state index in [-0.39, 0.29) is 0 Å². The molecule has 0 atom stereocenters. The normalized spacial score (nSPS) is 13.2. The second kappa shape index (κ2) is 3.41. The molecule has 0 N–H and O–H groups in total. The number of aryl methyl sites for hydroxylation is 1. The summed E-state index contributed by atoms with van der Waals surface area (Å²) in [4.78, 5) is 0. The van der Waals surface area contributed by atoms with Gasteiger partial charge in [0.1, 0.15) is 0 Å². The summed E-state index contributed by atoms with van der Waals surface area (Å²) in [6, 6.07) is 7.62. The van der Waals surface area contributed by atoms with Gasteiger partial charge in [0.25, 0.3) is 0 Å². The van der Waals surface area contributed by atoms with Crippen molar-refractivity contribution < 1.29 is 2.74 Å². The van der Waals surface area contributed by atoms with Gasteiger partial charge in [0.2, 0.25) is 0 Å². The van der Waals surface area contributed by atoms with Crippen LogP contribution in [0.4, 0.5) is 0 Å². The largest absolute Gasteiger partial charge is 0.344 e. The number of halogens is 2.